The molecule has 0 aromatic rings. The van der Waals surface area contributed by atoms with Gasteiger partial charge in [0.05, 0.1) is 0 Å². The monoisotopic (exact) mass is 214 g/mol. The lowest BCUT2D eigenvalue weighted by Crippen LogP contribution is -2.49. The van der Waals surface area contributed by atoms with Crippen molar-refractivity contribution in [2.75, 3.05) is 0 Å². The van der Waals surface area contributed by atoms with E-state index in [0.29, 0.717) is 5.78 Å². The Labute approximate surface area is 92.1 Å². The molecule has 1 nitrogen and oxygen atoms in total. The molecule has 4 aliphatic carbocycles. The topological polar surface area (TPSA) is 17.1 Å². The fourth-order valence-electron chi connectivity index (χ4n) is 4.54. The molecule has 4 bridgehead atoms. The van der Waals surface area contributed by atoms with Gasteiger partial charge in [-0.3, -0.25) is 4.79 Å². The fraction of sp³-hybridized carbons (Fsp3) is 0.917. The Morgan fingerprint density at radius 1 is 1.00 bits per heavy atom. The maximum Gasteiger partial charge on any atom is 0.135 e. The Morgan fingerprint density at radius 2 is 1.36 bits per heavy atom. The van der Waals surface area contributed by atoms with Crippen LogP contribution in [0.1, 0.15) is 45.4 Å². The minimum Gasteiger partial charge on any atom is -0.299 e. The van der Waals surface area contributed by atoms with Crippen molar-refractivity contribution in [2.24, 2.45) is 23.2 Å². The van der Waals surface area contributed by atoms with Crippen LogP contribution in [0.2, 0.25) is 0 Å². The van der Waals surface area contributed by atoms with Crippen molar-refractivity contribution in [1.29, 1.82) is 0 Å². The van der Waals surface area contributed by atoms with Crippen LogP contribution >= 0.6 is 12.4 Å². The summed E-state index contributed by atoms with van der Waals surface area (Å²) in [5, 5.41) is 0. The van der Waals surface area contributed by atoms with Crippen molar-refractivity contribution in [2.45, 2.75) is 45.4 Å². The van der Waals surface area contributed by atoms with Gasteiger partial charge in [-0.25, -0.2) is 0 Å². The van der Waals surface area contributed by atoms with Crippen LogP contribution < -0.4 is 0 Å². The second-order valence-corrected chi connectivity index (χ2v) is 5.75. The first-order valence-corrected chi connectivity index (χ1v) is 5.69. The van der Waals surface area contributed by atoms with Crippen LogP contribution in [-0.2, 0) is 4.79 Å². The summed E-state index contributed by atoms with van der Waals surface area (Å²) in [6.45, 7) is 1.83. The van der Waals surface area contributed by atoms with Gasteiger partial charge < -0.3 is 0 Å². The van der Waals surface area contributed by atoms with Crippen molar-refractivity contribution < 1.29 is 4.79 Å². The largest absolute Gasteiger partial charge is 0.299 e. The second kappa shape index (κ2) is 3.23. The molecule has 4 aliphatic rings. The summed E-state index contributed by atoms with van der Waals surface area (Å²) in [4.78, 5) is 11.7. The fourth-order valence-corrected chi connectivity index (χ4v) is 4.54. The van der Waals surface area contributed by atoms with Gasteiger partial charge in [0.2, 0.25) is 0 Å². The first-order valence-electron chi connectivity index (χ1n) is 5.69. The van der Waals surface area contributed by atoms with Crippen LogP contribution in [0.3, 0.4) is 0 Å². The molecule has 14 heavy (non-hydrogen) atoms. The lowest BCUT2D eigenvalue weighted by atomic mass is 9.48. The molecular weight excluding hydrogens is 196 g/mol. The third-order valence-corrected chi connectivity index (χ3v) is 4.79. The smallest absolute Gasteiger partial charge is 0.135 e. The standard InChI is InChI=1S/C12H18O.ClH/c1-8(13)12-5-9-2-10(6-12)4-11(3-9)7-12;/h9-11H,2-7H2,1H3;1H. The molecule has 0 radical (unpaired) electrons. The van der Waals surface area contributed by atoms with Gasteiger partial charge in [0.25, 0.3) is 0 Å². The highest BCUT2D eigenvalue weighted by Gasteiger charge is 2.52. The minimum absolute atomic E-state index is 0. The van der Waals surface area contributed by atoms with Crippen molar-refractivity contribution in [1.82, 2.24) is 0 Å². The quantitative estimate of drug-likeness (QED) is 0.655. The van der Waals surface area contributed by atoms with Crippen molar-refractivity contribution in [3.8, 4) is 0 Å². The predicted molar refractivity (Wildman–Crippen MR) is 58.5 cm³/mol. The van der Waals surface area contributed by atoms with Crippen molar-refractivity contribution >= 4 is 18.2 Å². The third-order valence-electron chi connectivity index (χ3n) is 4.79. The Morgan fingerprint density at radius 3 is 1.64 bits per heavy atom. The van der Waals surface area contributed by atoms with E-state index in [4.69, 9.17) is 0 Å². The number of carbonyl (C=O) groups excluding carboxylic acids is 1. The van der Waals surface area contributed by atoms with Gasteiger partial charge in [0.15, 0.2) is 0 Å². The second-order valence-electron chi connectivity index (χ2n) is 5.75. The molecule has 0 aliphatic heterocycles. The first-order chi connectivity index (χ1) is 6.18. The minimum atomic E-state index is 0. The van der Waals surface area contributed by atoms with Crippen LogP contribution in [0.15, 0.2) is 0 Å². The van der Waals surface area contributed by atoms with E-state index in [0.717, 1.165) is 17.8 Å². The summed E-state index contributed by atoms with van der Waals surface area (Å²) < 4.78 is 0. The maximum absolute atomic E-state index is 11.7. The van der Waals surface area contributed by atoms with Gasteiger partial charge in [0, 0.05) is 5.41 Å². The molecule has 0 aromatic heterocycles. The lowest BCUT2D eigenvalue weighted by Gasteiger charge is -2.55. The van der Waals surface area contributed by atoms with Gasteiger partial charge in [-0.15, -0.1) is 12.4 Å². The zero-order valence-corrected chi connectivity index (χ0v) is 9.61. The van der Waals surface area contributed by atoms with E-state index in [9.17, 15) is 4.79 Å². The van der Waals surface area contributed by atoms with Crippen LogP contribution in [0.5, 0.6) is 0 Å². The Balaban J connectivity index is 0.000000750. The number of Topliss-reactive ketones (excluding diaryl/α,β-unsaturated/α-hetero) is 1. The van der Waals surface area contributed by atoms with Crippen LogP contribution in [0, 0.1) is 23.2 Å². The van der Waals surface area contributed by atoms with Gasteiger partial charge in [-0.2, -0.15) is 0 Å². The summed E-state index contributed by atoms with van der Waals surface area (Å²) in [6.07, 6.45) is 8.00. The highest BCUT2D eigenvalue weighted by molar-refractivity contribution is 5.85. The molecule has 4 rings (SSSR count). The molecule has 0 spiro atoms. The molecule has 0 saturated heterocycles. The average Bonchev–Trinajstić information content (AvgIpc) is 2.00. The summed E-state index contributed by atoms with van der Waals surface area (Å²) in [6, 6.07) is 0. The summed E-state index contributed by atoms with van der Waals surface area (Å²) in [5.74, 6) is 3.23. The number of carbonyl (C=O) groups is 1. The highest BCUT2D eigenvalue weighted by Crippen LogP contribution is 2.60. The molecule has 0 unspecified atom stereocenters. The SMILES string of the molecule is CC(=O)C12CC3CC(CC(C3)C1)C2.Cl. The highest BCUT2D eigenvalue weighted by atomic mass is 35.5. The number of hydrogen-bond acceptors (Lipinski definition) is 1. The number of rotatable bonds is 1. The Kier molecular flexibility index (Phi) is 2.42. The number of halogens is 1. The van der Waals surface area contributed by atoms with Gasteiger partial charge in [0.1, 0.15) is 5.78 Å². The van der Waals surface area contributed by atoms with Crippen molar-refractivity contribution in [3.63, 3.8) is 0 Å². The van der Waals surface area contributed by atoms with Crippen LogP contribution in [0.25, 0.3) is 0 Å². The van der Waals surface area contributed by atoms with Gasteiger partial charge >= 0.3 is 0 Å². The normalized spacial score (nSPS) is 48.8. The Bertz CT molecular complexity index is 224. The summed E-state index contributed by atoms with van der Waals surface area (Å²) in [7, 11) is 0. The molecule has 0 atom stereocenters. The lowest BCUT2D eigenvalue weighted by molar-refractivity contribution is -0.141. The molecule has 0 heterocycles. The molecule has 0 N–H and O–H groups in total. The van der Waals surface area contributed by atoms with E-state index in [1.54, 1.807) is 0 Å². The zero-order chi connectivity index (χ0) is 9.05. The maximum atomic E-state index is 11.7. The van der Waals surface area contributed by atoms with E-state index in [1.807, 2.05) is 6.92 Å². The van der Waals surface area contributed by atoms with Gasteiger partial charge in [-0.1, -0.05) is 0 Å². The zero-order valence-electron chi connectivity index (χ0n) is 8.79. The molecule has 0 amide bonds. The van der Waals surface area contributed by atoms with Gasteiger partial charge in [-0.05, 0) is 63.2 Å². The van der Waals surface area contributed by atoms with E-state index >= 15 is 0 Å². The van der Waals surface area contributed by atoms with E-state index < -0.39 is 0 Å². The van der Waals surface area contributed by atoms with Crippen LogP contribution in [-0.4, -0.2) is 5.78 Å². The molecule has 0 aromatic carbocycles. The predicted octanol–water partition coefficient (Wildman–Crippen LogP) is 3.21. The molecule has 4 saturated carbocycles. The molecule has 4 fully saturated rings. The van der Waals surface area contributed by atoms with E-state index in [1.165, 1.54) is 38.5 Å². The number of hydrogen-bond donors (Lipinski definition) is 0. The van der Waals surface area contributed by atoms with E-state index in [-0.39, 0.29) is 17.8 Å². The number of ketones is 1. The summed E-state index contributed by atoms with van der Waals surface area (Å²) in [5.41, 5.74) is 0.161. The Hall–Kier alpha value is -0.0400. The van der Waals surface area contributed by atoms with E-state index in [2.05, 4.69) is 0 Å². The molecule has 2 heteroatoms. The third kappa shape index (κ3) is 1.32. The van der Waals surface area contributed by atoms with Crippen molar-refractivity contribution in [3.05, 3.63) is 0 Å². The first kappa shape index (κ1) is 10.5. The summed E-state index contributed by atoms with van der Waals surface area (Å²) >= 11 is 0. The average molecular weight is 215 g/mol. The molecule has 80 valence electrons. The molecular formula is C12H19ClO. The van der Waals surface area contributed by atoms with Crippen LogP contribution in [0.4, 0.5) is 0 Å².